The first-order valence-corrected chi connectivity index (χ1v) is 9.95. The van der Waals surface area contributed by atoms with Gasteiger partial charge in [-0.25, -0.2) is 0 Å². The molecule has 1 aliphatic rings. The van der Waals surface area contributed by atoms with Crippen LogP contribution in [0.4, 0.5) is 14.5 Å². The number of amides is 2. The number of carbonyl (C=O) groups is 2. The predicted molar refractivity (Wildman–Crippen MR) is 104 cm³/mol. The van der Waals surface area contributed by atoms with Crippen molar-refractivity contribution >= 4 is 29.3 Å². The van der Waals surface area contributed by atoms with Gasteiger partial charge in [-0.3, -0.25) is 9.59 Å². The number of hydrogen-bond acceptors (Lipinski definition) is 4. The van der Waals surface area contributed by atoms with Gasteiger partial charge in [0, 0.05) is 35.7 Å². The molecule has 5 nitrogen and oxygen atoms in total. The van der Waals surface area contributed by atoms with Crippen LogP contribution in [0.15, 0.2) is 53.4 Å². The highest BCUT2D eigenvalue weighted by Gasteiger charge is 2.35. The third-order valence-corrected chi connectivity index (χ3v) is 5.23. The molecule has 8 heteroatoms. The van der Waals surface area contributed by atoms with Crippen molar-refractivity contribution in [3.05, 3.63) is 54.1 Å². The maximum Gasteiger partial charge on any atom is 0.387 e. The normalized spacial score (nSPS) is 16.5. The predicted octanol–water partition coefficient (Wildman–Crippen LogP) is 3.68. The van der Waals surface area contributed by atoms with E-state index in [0.717, 1.165) is 10.6 Å². The molecule has 2 amide bonds. The summed E-state index contributed by atoms with van der Waals surface area (Å²) in [7, 11) is 0. The highest BCUT2D eigenvalue weighted by Crippen LogP contribution is 2.28. The Bertz CT molecular complexity index is 863. The van der Waals surface area contributed by atoms with E-state index in [1.807, 2.05) is 30.5 Å². The maximum absolute atomic E-state index is 12.5. The Balaban J connectivity index is 1.62. The van der Waals surface area contributed by atoms with Gasteiger partial charge in [0.2, 0.25) is 11.8 Å². The first-order valence-electron chi connectivity index (χ1n) is 8.72. The van der Waals surface area contributed by atoms with Crippen LogP contribution in [-0.2, 0) is 16.1 Å². The number of nitrogens with zero attached hydrogens (tertiary/aromatic N) is 1. The standard InChI is InChI=1S/C20H20F2N2O3S/c1-28-16-7-4-6-15(10-16)24-12-14(9-18(24)25)19(26)23-11-13-5-2-3-8-17(13)27-20(21)22/h2-8,10,14,20H,9,11-12H2,1H3,(H,23,26)/t14-/m1/s1. The van der Waals surface area contributed by atoms with E-state index >= 15 is 0 Å². The number of rotatable bonds is 7. The zero-order valence-electron chi connectivity index (χ0n) is 15.2. The highest BCUT2D eigenvalue weighted by atomic mass is 32.2. The third-order valence-electron chi connectivity index (χ3n) is 4.50. The van der Waals surface area contributed by atoms with E-state index in [4.69, 9.17) is 0 Å². The molecule has 28 heavy (non-hydrogen) atoms. The average Bonchev–Trinajstić information content (AvgIpc) is 3.08. The van der Waals surface area contributed by atoms with E-state index in [2.05, 4.69) is 10.1 Å². The molecule has 0 aliphatic carbocycles. The van der Waals surface area contributed by atoms with Crippen molar-refractivity contribution < 1.29 is 23.1 Å². The molecule has 0 spiro atoms. The van der Waals surface area contributed by atoms with E-state index < -0.39 is 12.5 Å². The van der Waals surface area contributed by atoms with Crippen molar-refractivity contribution in [2.45, 2.75) is 24.5 Å². The van der Waals surface area contributed by atoms with Gasteiger partial charge in [-0.15, -0.1) is 11.8 Å². The molecule has 148 valence electrons. The largest absolute Gasteiger partial charge is 0.434 e. The molecule has 1 fully saturated rings. The minimum atomic E-state index is -2.94. The second-order valence-corrected chi connectivity index (χ2v) is 7.19. The summed E-state index contributed by atoms with van der Waals surface area (Å²) in [5.74, 6) is -0.868. The minimum absolute atomic E-state index is 0.0239. The Morgan fingerprint density at radius 2 is 2.07 bits per heavy atom. The lowest BCUT2D eigenvalue weighted by Crippen LogP contribution is -2.32. The lowest BCUT2D eigenvalue weighted by atomic mass is 10.1. The zero-order chi connectivity index (χ0) is 20.1. The first-order chi connectivity index (χ1) is 13.5. The van der Waals surface area contributed by atoms with Crippen molar-refractivity contribution in [3.63, 3.8) is 0 Å². The molecule has 0 bridgehead atoms. The van der Waals surface area contributed by atoms with Crippen LogP contribution in [0.3, 0.4) is 0 Å². The van der Waals surface area contributed by atoms with Gasteiger partial charge in [0.1, 0.15) is 5.75 Å². The molecule has 1 heterocycles. The molecule has 0 unspecified atom stereocenters. The Morgan fingerprint density at radius 3 is 2.82 bits per heavy atom. The fraction of sp³-hybridized carbons (Fsp3) is 0.300. The lowest BCUT2D eigenvalue weighted by molar-refractivity contribution is -0.126. The Kier molecular flexibility index (Phi) is 6.51. The van der Waals surface area contributed by atoms with Crippen molar-refractivity contribution in [2.24, 2.45) is 5.92 Å². The zero-order valence-corrected chi connectivity index (χ0v) is 16.0. The molecule has 0 saturated carbocycles. The van der Waals surface area contributed by atoms with Gasteiger partial charge in [-0.05, 0) is 30.5 Å². The topological polar surface area (TPSA) is 58.6 Å². The van der Waals surface area contributed by atoms with Gasteiger partial charge in [0.25, 0.3) is 0 Å². The number of halogens is 2. The lowest BCUT2D eigenvalue weighted by Gasteiger charge is -2.17. The summed E-state index contributed by atoms with van der Waals surface area (Å²) < 4.78 is 29.5. The van der Waals surface area contributed by atoms with Crippen LogP contribution in [-0.4, -0.2) is 31.2 Å². The van der Waals surface area contributed by atoms with Crippen LogP contribution in [0.25, 0.3) is 0 Å². The second-order valence-electron chi connectivity index (χ2n) is 6.31. The van der Waals surface area contributed by atoms with E-state index in [0.29, 0.717) is 5.56 Å². The van der Waals surface area contributed by atoms with Gasteiger partial charge >= 0.3 is 6.61 Å². The van der Waals surface area contributed by atoms with Crippen molar-refractivity contribution in [3.8, 4) is 5.75 Å². The molecule has 1 aliphatic heterocycles. The van der Waals surface area contributed by atoms with Gasteiger partial charge < -0.3 is 15.0 Å². The summed E-state index contributed by atoms with van der Waals surface area (Å²) in [5, 5.41) is 2.72. The summed E-state index contributed by atoms with van der Waals surface area (Å²) in [6.45, 7) is -2.60. The van der Waals surface area contributed by atoms with Gasteiger partial charge in [-0.2, -0.15) is 8.78 Å². The van der Waals surface area contributed by atoms with E-state index in [1.54, 1.807) is 34.9 Å². The Labute approximate surface area is 166 Å². The minimum Gasteiger partial charge on any atom is -0.434 e. The summed E-state index contributed by atoms with van der Waals surface area (Å²) in [6.07, 6.45) is 2.07. The molecule has 1 saturated heterocycles. The van der Waals surface area contributed by atoms with Crippen LogP contribution < -0.4 is 15.0 Å². The number of carbonyl (C=O) groups excluding carboxylic acids is 2. The number of benzene rings is 2. The molecule has 2 aromatic rings. The highest BCUT2D eigenvalue weighted by molar-refractivity contribution is 7.98. The number of nitrogens with one attached hydrogen (secondary N) is 1. The van der Waals surface area contributed by atoms with Gasteiger partial charge in [0.15, 0.2) is 0 Å². The quantitative estimate of drug-likeness (QED) is 0.713. The van der Waals surface area contributed by atoms with E-state index in [-0.39, 0.29) is 37.1 Å². The molecule has 0 aromatic heterocycles. The molecular formula is C20H20F2N2O3S. The van der Waals surface area contributed by atoms with Gasteiger partial charge in [0.05, 0.1) is 5.92 Å². The third kappa shape index (κ3) is 4.81. The summed E-state index contributed by atoms with van der Waals surface area (Å²) in [4.78, 5) is 27.5. The SMILES string of the molecule is CSc1cccc(N2C[C@H](C(=O)NCc3ccccc3OC(F)F)CC2=O)c1. The van der Waals surface area contributed by atoms with Crippen LogP contribution in [0.2, 0.25) is 0 Å². The summed E-state index contributed by atoms with van der Waals surface area (Å²) in [5.41, 5.74) is 1.22. The van der Waals surface area contributed by atoms with Crippen LogP contribution in [0.1, 0.15) is 12.0 Å². The Morgan fingerprint density at radius 1 is 1.29 bits per heavy atom. The number of thioether (sulfide) groups is 1. The summed E-state index contributed by atoms with van der Waals surface area (Å²) >= 11 is 1.58. The molecule has 1 N–H and O–H groups in total. The fourth-order valence-electron chi connectivity index (χ4n) is 3.10. The van der Waals surface area contributed by atoms with Crippen LogP contribution in [0.5, 0.6) is 5.75 Å². The monoisotopic (exact) mass is 406 g/mol. The number of alkyl halides is 2. The van der Waals surface area contributed by atoms with Crippen molar-refractivity contribution in [1.29, 1.82) is 0 Å². The van der Waals surface area contributed by atoms with E-state index in [1.165, 1.54) is 6.07 Å². The molecule has 2 aromatic carbocycles. The number of anilines is 1. The van der Waals surface area contributed by atoms with E-state index in [9.17, 15) is 18.4 Å². The second kappa shape index (κ2) is 9.05. The average molecular weight is 406 g/mol. The van der Waals surface area contributed by atoms with Crippen molar-refractivity contribution in [1.82, 2.24) is 5.32 Å². The molecule has 3 rings (SSSR count). The maximum atomic E-state index is 12.5. The van der Waals surface area contributed by atoms with Crippen molar-refractivity contribution in [2.75, 3.05) is 17.7 Å². The first kappa shape index (κ1) is 20.1. The molecule has 1 atom stereocenters. The number of hydrogen-bond donors (Lipinski definition) is 1. The van der Waals surface area contributed by atoms with Crippen LogP contribution >= 0.6 is 11.8 Å². The van der Waals surface area contributed by atoms with Crippen LogP contribution in [0, 0.1) is 5.92 Å². The Hall–Kier alpha value is -2.61. The summed E-state index contributed by atoms with van der Waals surface area (Å²) in [6, 6.07) is 13.9. The van der Waals surface area contributed by atoms with Gasteiger partial charge in [-0.1, -0.05) is 24.3 Å². The number of para-hydroxylation sites is 1. The number of ether oxygens (including phenoxy) is 1. The molecule has 0 radical (unpaired) electrons. The fourth-order valence-corrected chi connectivity index (χ4v) is 3.55. The molecular weight excluding hydrogens is 386 g/mol. The smallest absolute Gasteiger partial charge is 0.387 e.